The molecule has 0 bridgehead atoms. The van der Waals surface area contributed by atoms with Gasteiger partial charge in [0.1, 0.15) is 12.4 Å². The van der Waals surface area contributed by atoms with Crippen LogP contribution in [0.1, 0.15) is 17.5 Å². The normalized spacial score (nSPS) is 14.8. The molecule has 1 fully saturated rings. The average Bonchev–Trinajstić information content (AvgIpc) is 2.42. The van der Waals surface area contributed by atoms with Crippen LogP contribution in [0.25, 0.3) is 0 Å². The number of ether oxygens (including phenoxy) is 1. The molecule has 0 atom stereocenters. The molecular weight excluding hydrogens is 270 g/mol. The summed E-state index contributed by atoms with van der Waals surface area (Å²) in [6.45, 7) is 4.06. The lowest BCUT2D eigenvalue weighted by Crippen LogP contribution is -2.36. The van der Waals surface area contributed by atoms with E-state index in [2.05, 4.69) is 17.0 Å². The van der Waals surface area contributed by atoms with Crippen LogP contribution in [0.15, 0.2) is 48.5 Å². The van der Waals surface area contributed by atoms with Crippen molar-refractivity contribution in [2.75, 3.05) is 13.1 Å². The maximum Gasteiger partial charge on any atom is 0.119 e. The number of hydrogen-bond donors (Lipinski definition) is 0. The maximum atomic E-state index is 5.95. The summed E-state index contributed by atoms with van der Waals surface area (Å²) in [7, 11) is 0. The number of halogens is 1. The van der Waals surface area contributed by atoms with Crippen LogP contribution in [0.3, 0.4) is 0 Å². The van der Waals surface area contributed by atoms with Crippen molar-refractivity contribution in [1.82, 2.24) is 4.90 Å². The van der Waals surface area contributed by atoms with Gasteiger partial charge in [-0.15, -0.1) is 0 Å². The molecule has 0 saturated carbocycles. The lowest BCUT2D eigenvalue weighted by atomic mass is 10.1. The molecule has 3 heteroatoms. The summed E-state index contributed by atoms with van der Waals surface area (Å²) in [6, 6.07) is 16.1. The number of benzene rings is 2. The zero-order valence-corrected chi connectivity index (χ0v) is 12.1. The van der Waals surface area contributed by atoms with Crippen molar-refractivity contribution in [2.45, 2.75) is 19.6 Å². The van der Waals surface area contributed by atoms with Crippen molar-refractivity contribution >= 4 is 11.6 Å². The minimum Gasteiger partial charge on any atom is -0.489 e. The molecule has 0 radical (unpaired) electrons. The lowest BCUT2D eigenvalue weighted by molar-refractivity contribution is 0.172. The molecule has 0 N–H and O–H groups in total. The van der Waals surface area contributed by atoms with Gasteiger partial charge in [-0.3, -0.25) is 4.90 Å². The fourth-order valence-electron chi connectivity index (χ4n) is 2.28. The van der Waals surface area contributed by atoms with Crippen LogP contribution in [0, 0.1) is 0 Å². The molecule has 0 unspecified atom stereocenters. The number of hydrogen-bond acceptors (Lipinski definition) is 2. The van der Waals surface area contributed by atoms with E-state index >= 15 is 0 Å². The zero-order chi connectivity index (χ0) is 13.8. The van der Waals surface area contributed by atoms with E-state index in [0.717, 1.165) is 22.9 Å². The first-order valence-corrected chi connectivity index (χ1v) is 7.36. The van der Waals surface area contributed by atoms with Crippen molar-refractivity contribution in [3.63, 3.8) is 0 Å². The molecule has 2 aromatic rings. The number of likely N-dealkylation sites (tertiary alicyclic amines) is 1. The molecule has 20 heavy (non-hydrogen) atoms. The Morgan fingerprint density at radius 2 is 1.80 bits per heavy atom. The topological polar surface area (TPSA) is 12.5 Å². The van der Waals surface area contributed by atoms with Crippen molar-refractivity contribution in [2.24, 2.45) is 0 Å². The van der Waals surface area contributed by atoms with Gasteiger partial charge >= 0.3 is 0 Å². The highest BCUT2D eigenvalue weighted by Gasteiger charge is 2.13. The van der Waals surface area contributed by atoms with Gasteiger partial charge in [0.25, 0.3) is 0 Å². The van der Waals surface area contributed by atoms with E-state index in [1.807, 2.05) is 36.4 Å². The molecule has 0 spiro atoms. The van der Waals surface area contributed by atoms with E-state index < -0.39 is 0 Å². The summed E-state index contributed by atoms with van der Waals surface area (Å²) in [5, 5.41) is 0.746. The molecular formula is C17H18ClNO. The molecule has 0 amide bonds. The van der Waals surface area contributed by atoms with Crippen LogP contribution in [0.2, 0.25) is 5.02 Å². The Bertz CT molecular complexity index is 563. The van der Waals surface area contributed by atoms with Crippen LogP contribution in [-0.4, -0.2) is 18.0 Å². The van der Waals surface area contributed by atoms with E-state index in [9.17, 15) is 0 Å². The van der Waals surface area contributed by atoms with Crippen LogP contribution in [0.4, 0.5) is 0 Å². The summed E-state index contributed by atoms with van der Waals surface area (Å²) in [5.74, 6) is 0.900. The van der Waals surface area contributed by atoms with Crippen molar-refractivity contribution < 1.29 is 4.74 Å². The number of nitrogens with zero attached hydrogens (tertiary/aromatic N) is 1. The van der Waals surface area contributed by atoms with E-state index in [1.54, 1.807) is 0 Å². The molecule has 104 valence electrons. The fourth-order valence-corrected chi connectivity index (χ4v) is 2.50. The quantitative estimate of drug-likeness (QED) is 0.820. The minimum absolute atomic E-state index is 0.548. The van der Waals surface area contributed by atoms with Gasteiger partial charge in [-0.05, 0) is 54.9 Å². The third-order valence-electron chi connectivity index (χ3n) is 3.57. The molecule has 0 aromatic heterocycles. The predicted molar refractivity (Wildman–Crippen MR) is 82.1 cm³/mol. The van der Waals surface area contributed by atoms with Gasteiger partial charge in [-0.2, -0.15) is 0 Å². The third-order valence-corrected chi connectivity index (χ3v) is 3.81. The van der Waals surface area contributed by atoms with Crippen LogP contribution >= 0.6 is 11.6 Å². The first-order valence-electron chi connectivity index (χ1n) is 6.98. The Hall–Kier alpha value is -1.51. The standard InChI is InChI=1S/C17H18ClNO/c18-16-4-1-3-15(11-16)13-20-17-7-5-14(6-8-17)12-19-9-2-10-19/h1,3-8,11H,2,9-10,12-13H2. The maximum absolute atomic E-state index is 5.95. The molecule has 0 aliphatic carbocycles. The van der Waals surface area contributed by atoms with Gasteiger partial charge in [0.2, 0.25) is 0 Å². The second kappa shape index (κ2) is 6.29. The molecule has 2 nitrogen and oxygen atoms in total. The molecule has 1 saturated heterocycles. The highest BCUT2D eigenvalue weighted by Crippen LogP contribution is 2.18. The second-order valence-electron chi connectivity index (χ2n) is 5.19. The van der Waals surface area contributed by atoms with Gasteiger partial charge in [0, 0.05) is 11.6 Å². The fraction of sp³-hybridized carbons (Fsp3) is 0.294. The van der Waals surface area contributed by atoms with Gasteiger partial charge in [-0.1, -0.05) is 35.9 Å². The Kier molecular flexibility index (Phi) is 4.24. The van der Waals surface area contributed by atoms with E-state index in [-0.39, 0.29) is 0 Å². The van der Waals surface area contributed by atoms with Crippen molar-refractivity contribution in [3.05, 3.63) is 64.7 Å². The van der Waals surface area contributed by atoms with Gasteiger partial charge < -0.3 is 4.74 Å². The Morgan fingerprint density at radius 3 is 2.45 bits per heavy atom. The van der Waals surface area contributed by atoms with Crippen LogP contribution in [-0.2, 0) is 13.2 Å². The monoisotopic (exact) mass is 287 g/mol. The van der Waals surface area contributed by atoms with Crippen LogP contribution in [0.5, 0.6) is 5.75 Å². The van der Waals surface area contributed by atoms with Crippen molar-refractivity contribution in [1.29, 1.82) is 0 Å². The first-order chi connectivity index (χ1) is 9.79. The minimum atomic E-state index is 0.548. The second-order valence-corrected chi connectivity index (χ2v) is 5.63. The van der Waals surface area contributed by atoms with Gasteiger partial charge in [-0.25, -0.2) is 0 Å². The smallest absolute Gasteiger partial charge is 0.119 e. The summed E-state index contributed by atoms with van der Waals surface area (Å²) in [4.78, 5) is 2.45. The molecule has 1 heterocycles. The van der Waals surface area contributed by atoms with Gasteiger partial charge in [0.15, 0.2) is 0 Å². The average molecular weight is 288 g/mol. The van der Waals surface area contributed by atoms with Crippen molar-refractivity contribution in [3.8, 4) is 5.75 Å². The third kappa shape index (κ3) is 3.53. The Labute approximate surface area is 124 Å². The van der Waals surface area contributed by atoms with Gasteiger partial charge in [0.05, 0.1) is 0 Å². The predicted octanol–water partition coefficient (Wildman–Crippen LogP) is 4.12. The summed E-state index contributed by atoms with van der Waals surface area (Å²) in [5.41, 5.74) is 2.43. The zero-order valence-electron chi connectivity index (χ0n) is 11.4. The van der Waals surface area contributed by atoms with Crippen LogP contribution < -0.4 is 4.74 Å². The van der Waals surface area contributed by atoms with E-state index in [4.69, 9.17) is 16.3 Å². The Morgan fingerprint density at radius 1 is 1.00 bits per heavy atom. The highest BCUT2D eigenvalue weighted by atomic mass is 35.5. The van der Waals surface area contributed by atoms with E-state index in [0.29, 0.717) is 6.61 Å². The first kappa shape index (κ1) is 13.5. The summed E-state index contributed by atoms with van der Waals surface area (Å²) in [6.07, 6.45) is 1.33. The SMILES string of the molecule is Clc1cccc(COc2ccc(CN3CCC3)cc2)c1. The molecule has 2 aromatic carbocycles. The highest BCUT2D eigenvalue weighted by molar-refractivity contribution is 6.30. The molecule has 1 aliphatic rings. The Balaban J connectivity index is 1.54. The summed E-state index contributed by atoms with van der Waals surface area (Å²) >= 11 is 5.95. The summed E-state index contributed by atoms with van der Waals surface area (Å²) < 4.78 is 5.78. The molecule has 3 rings (SSSR count). The largest absolute Gasteiger partial charge is 0.489 e. The van der Waals surface area contributed by atoms with E-state index in [1.165, 1.54) is 25.1 Å². The molecule has 1 aliphatic heterocycles. The lowest BCUT2D eigenvalue weighted by Gasteiger charge is -2.30. The number of rotatable bonds is 5.